The van der Waals surface area contributed by atoms with Crippen LogP contribution in [-0.4, -0.2) is 23.2 Å². The Hall–Kier alpha value is -0.0331. The first-order valence-electron chi connectivity index (χ1n) is 1.23. The lowest BCUT2D eigenvalue weighted by molar-refractivity contribution is 0.367. The number of rotatable bonds is 1. The van der Waals surface area contributed by atoms with Gasteiger partial charge in [-0.15, -0.1) is 0 Å². The molecular weight excluding hydrogens is 139 g/mol. The van der Waals surface area contributed by atoms with Crippen LogP contribution in [0, 0.1) is 0 Å². The van der Waals surface area contributed by atoms with Gasteiger partial charge in [0, 0.05) is 0 Å². The first-order chi connectivity index (χ1) is 2.94. The Morgan fingerprint density at radius 1 is 1.43 bits per heavy atom. The van der Waals surface area contributed by atoms with Gasteiger partial charge in [0.15, 0.2) is 0 Å². The molecule has 0 aromatic heterocycles. The largest absolute Gasteiger partial charge is 0.628 e. The molecule has 0 spiro atoms. The van der Waals surface area contributed by atoms with Crippen LogP contribution in [0.3, 0.4) is 0 Å². The number of hydrogen-bond donors (Lipinski definition) is 3. The van der Waals surface area contributed by atoms with Crippen molar-refractivity contribution in [2.45, 2.75) is 0 Å². The van der Waals surface area contributed by atoms with Gasteiger partial charge < -0.3 is 19.0 Å². The highest BCUT2D eigenvalue weighted by Crippen LogP contribution is 2.31. The maximum absolute atomic E-state index is 9.51. The zero-order valence-electron chi connectivity index (χ0n) is 3.11. The first-order valence-corrected chi connectivity index (χ1v) is 5.04. The van der Waals surface area contributed by atoms with Gasteiger partial charge in [0.1, 0.15) is 0 Å². The molecule has 0 aromatic carbocycles. The van der Waals surface area contributed by atoms with E-state index in [2.05, 4.69) is 0 Å². The van der Waals surface area contributed by atoms with E-state index < -0.39 is 15.7 Å². The lowest BCUT2D eigenvalue weighted by atomic mass is 15.8. The summed E-state index contributed by atoms with van der Waals surface area (Å²) >= 11 is 0. The zero-order chi connectivity index (χ0) is 6.08. The summed E-state index contributed by atoms with van der Waals surface area (Å²) in [4.78, 5) is 23.0. The van der Waals surface area contributed by atoms with Crippen molar-refractivity contribution in [2.75, 3.05) is 0 Å². The normalized spacial score (nSPS) is 11.1. The van der Waals surface area contributed by atoms with Gasteiger partial charge in [-0.05, 0) is 0 Å². The van der Waals surface area contributed by atoms with Crippen LogP contribution < -0.4 is 0 Å². The Balaban J connectivity index is 4.09. The van der Waals surface area contributed by atoms with Gasteiger partial charge in [-0.3, -0.25) is 4.57 Å². The summed E-state index contributed by atoms with van der Waals surface area (Å²) in [5.41, 5.74) is 0. The van der Waals surface area contributed by atoms with Gasteiger partial charge in [-0.25, -0.2) is 0 Å². The van der Waals surface area contributed by atoms with Crippen molar-refractivity contribution in [1.29, 1.82) is 0 Å². The van der Waals surface area contributed by atoms with Crippen molar-refractivity contribution in [2.24, 2.45) is 0 Å². The Kier molecular flexibility index (Phi) is 1.82. The first kappa shape index (κ1) is 6.97. The van der Waals surface area contributed by atoms with E-state index in [9.17, 15) is 9.03 Å². The maximum atomic E-state index is 9.51. The second-order valence-electron chi connectivity index (χ2n) is 0.827. The van der Waals surface area contributed by atoms with Gasteiger partial charge in [0.05, 0.1) is 0 Å². The minimum absolute atomic E-state index is 3.63. The van der Waals surface area contributed by atoms with Crippen LogP contribution in [0.25, 0.3) is 0 Å². The summed E-state index contributed by atoms with van der Waals surface area (Å²) in [7, 11) is -8.27. The SMILES string of the molecule is O=[Si](O)P(=O)(O)O. The number of hydrogen-bond acceptors (Lipinski definition) is 2. The van der Waals surface area contributed by atoms with Crippen molar-refractivity contribution in [3.63, 3.8) is 0 Å². The Bertz CT molecular complexity index is 120. The lowest BCUT2D eigenvalue weighted by Gasteiger charge is -1.88. The Morgan fingerprint density at radius 2 is 1.57 bits per heavy atom. The summed E-state index contributed by atoms with van der Waals surface area (Å²) in [5.74, 6) is 0. The molecule has 0 heterocycles. The Morgan fingerprint density at radius 3 is 1.57 bits per heavy atom. The maximum Gasteiger partial charge on any atom is 0.628 e. The molecule has 3 N–H and O–H groups in total. The molecule has 0 aliphatic rings. The average Bonchev–Trinajstić information content (AvgIpc) is 1.31. The van der Waals surface area contributed by atoms with E-state index in [1.54, 1.807) is 0 Å². The van der Waals surface area contributed by atoms with E-state index in [4.69, 9.17) is 14.6 Å². The molecule has 0 bridgehead atoms. The average molecular weight is 142 g/mol. The van der Waals surface area contributed by atoms with Crippen molar-refractivity contribution >= 4 is 15.7 Å². The molecule has 7 heavy (non-hydrogen) atoms. The third kappa shape index (κ3) is 2.64. The van der Waals surface area contributed by atoms with Gasteiger partial charge in [-0.1, -0.05) is 0 Å². The second kappa shape index (κ2) is 1.83. The topological polar surface area (TPSA) is 94.8 Å². The minimum atomic E-state index is -4.64. The summed E-state index contributed by atoms with van der Waals surface area (Å²) in [6.07, 6.45) is 0. The summed E-state index contributed by atoms with van der Waals surface area (Å²) in [6, 6.07) is 0. The van der Waals surface area contributed by atoms with Crippen molar-refractivity contribution in [3.8, 4) is 0 Å². The van der Waals surface area contributed by atoms with Crippen LogP contribution >= 0.6 is 7.14 Å². The van der Waals surface area contributed by atoms with Crippen molar-refractivity contribution in [1.82, 2.24) is 0 Å². The van der Waals surface area contributed by atoms with Gasteiger partial charge in [0.25, 0.3) is 0 Å². The smallest absolute Gasteiger partial charge is 0.532 e. The van der Waals surface area contributed by atoms with E-state index in [0.717, 1.165) is 0 Å². The van der Waals surface area contributed by atoms with E-state index in [-0.39, 0.29) is 0 Å². The van der Waals surface area contributed by atoms with E-state index in [0.29, 0.717) is 0 Å². The molecular formula is H3O5PSi. The molecule has 0 amide bonds. The van der Waals surface area contributed by atoms with Crippen LogP contribution in [-0.2, 0) is 9.03 Å². The highest BCUT2D eigenvalue weighted by molar-refractivity contribution is 7.82. The minimum Gasteiger partial charge on any atom is -0.532 e. The molecule has 0 aliphatic heterocycles. The fraction of sp³-hybridized carbons (Fsp3) is 0. The highest BCUT2D eigenvalue weighted by Gasteiger charge is 2.28. The van der Waals surface area contributed by atoms with Crippen molar-refractivity contribution < 1.29 is 23.6 Å². The van der Waals surface area contributed by atoms with Gasteiger partial charge in [-0.2, -0.15) is 0 Å². The molecule has 7 heteroatoms. The fourth-order valence-electron chi connectivity index (χ4n) is 0. The monoisotopic (exact) mass is 142 g/mol. The van der Waals surface area contributed by atoms with E-state index in [1.165, 1.54) is 0 Å². The highest BCUT2D eigenvalue weighted by atomic mass is 31.4. The van der Waals surface area contributed by atoms with Crippen LogP contribution in [0.4, 0.5) is 0 Å². The predicted octanol–water partition coefficient (Wildman–Crippen LogP) is -1.43. The molecule has 0 radical (unpaired) electrons. The van der Waals surface area contributed by atoms with Crippen LogP contribution in [0.5, 0.6) is 0 Å². The summed E-state index contributed by atoms with van der Waals surface area (Å²) in [6.45, 7) is 0. The molecule has 5 nitrogen and oxygen atoms in total. The quantitative estimate of drug-likeness (QED) is 0.308. The Labute approximate surface area is 40.4 Å². The van der Waals surface area contributed by atoms with Gasteiger partial charge >= 0.3 is 15.7 Å². The van der Waals surface area contributed by atoms with Crippen LogP contribution in [0.2, 0.25) is 0 Å². The van der Waals surface area contributed by atoms with Crippen LogP contribution in [0.15, 0.2) is 0 Å². The van der Waals surface area contributed by atoms with Crippen LogP contribution in [0.1, 0.15) is 0 Å². The standard InChI is InChI=1S/H3O5PSi/c1-6(2,3)7(4)5/h4H,(H2,1,2,3). The molecule has 0 unspecified atom stereocenters. The summed E-state index contributed by atoms with van der Waals surface area (Å²) in [5, 5.41) is 0. The predicted molar refractivity (Wildman–Crippen MR) is 20.7 cm³/mol. The second-order valence-corrected chi connectivity index (χ2v) is 5.38. The van der Waals surface area contributed by atoms with Crippen molar-refractivity contribution in [3.05, 3.63) is 0 Å². The molecule has 0 saturated heterocycles. The lowest BCUT2D eigenvalue weighted by Crippen LogP contribution is -1.97. The molecule has 0 aliphatic carbocycles. The molecule has 0 atom stereocenters. The molecule has 0 rings (SSSR count). The molecule has 0 fully saturated rings. The third-order valence-electron chi connectivity index (χ3n) is 0.249. The third-order valence-corrected chi connectivity index (χ3v) is 2.24. The summed E-state index contributed by atoms with van der Waals surface area (Å²) < 4.78 is 19.0. The molecule has 0 aromatic rings. The van der Waals surface area contributed by atoms with E-state index >= 15 is 0 Å². The zero-order valence-corrected chi connectivity index (χ0v) is 5.00. The fourth-order valence-corrected chi connectivity index (χ4v) is 0. The molecule has 42 valence electrons. The van der Waals surface area contributed by atoms with E-state index in [1.807, 2.05) is 0 Å². The molecule has 0 saturated carbocycles. The van der Waals surface area contributed by atoms with Gasteiger partial charge in [0.2, 0.25) is 0 Å².